The maximum absolute atomic E-state index is 12.6. The highest BCUT2D eigenvalue weighted by atomic mass is 35.5. The van der Waals surface area contributed by atoms with Crippen LogP contribution in [-0.2, 0) is 25.4 Å². The van der Waals surface area contributed by atoms with E-state index in [0.29, 0.717) is 30.2 Å². The summed E-state index contributed by atoms with van der Waals surface area (Å²) in [5.74, 6) is -0.00653. The van der Waals surface area contributed by atoms with Crippen LogP contribution in [0.4, 0.5) is 5.95 Å². The monoisotopic (exact) mass is 353 g/mol. The number of imidazole rings is 1. The summed E-state index contributed by atoms with van der Waals surface area (Å²) >= 11 is 5.75. The zero-order valence-corrected chi connectivity index (χ0v) is 14.5. The van der Waals surface area contributed by atoms with Crippen LogP contribution in [0, 0.1) is 0 Å². The standard InChI is InChI=1S/C15H20ClN5O3/c1-18-12-11(13(23)19(2)15(18)24)21-8-6-4-3-5-7-20(10(22)9-16)14(21)17-12/h3-9H2,1-2H3. The van der Waals surface area contributed by atoms with E-state index in [1.165, 1.54) is 16.5 Å². The molecule has 0 fully saturated rings. The number of hydrogen-bond acceptors (Lipinski definition) is 4. The van der Waals surface area contributed by atoms with Gasteiger partial charge in [-0.05, 0) is 12.8 Å². The third kappa shape index (κ3) is 2.54. The second-order valence-corrected chi connectivity index (χ2v) is 6.30. The number of carbonyl (C=O) groups excluding carboxylic acids is 1. The van der Waals surface area contributed by atoms with Gasteiger partial charge in [-0.2, -0.15) is 4.98 Å². The van der Waals surface area contributed by atoms with Crippen molar-refractivity contribution in [1.29, 1.82) is 0 Å². The molecule has 3 heterocycles. The molecule has 9 heteroatoms. The molecule has 0 spiro atoms. The maximum Gasteiger partial charge on any atom is 0.332 e. The number of aryl methyl sites for hydroxylation is 2. The molecule has 0 saturated heterocycles. The lowest BCUT2D eigenvalue weighted by molar-refractivity contribution is -0.116. The molecule has 0 bridgehead atoms. The van der Waals surface area contributed by atoms with Crippen molar-refractivity contribution >= 4 is 34.6 Å². The molecule has 1 amide bonds. The molecule has 2 aromatic rings. The van der Waals surface area contributed by atoms with E-state index >= 15 is 0 Å². The summed E-state index contributed by atoms with van der Waals surface area (Å²) in [6, 6.07) is 0. The van der Waals surface area contributed by atoms with Gasteiger partial charge in [-0.25, -0.2) is 4.79 Å². The van der Waals surface area contributed by atoms with Gasteiger partial charge in [0.15, 0.2) is 11.2 Å². The van der Waals surface area contributed by atoms with E-state index in [-0.39, 0.29) is 11.8 Å². The SMILES string of the molecule is Cn1c(=O)c2c(nc3n2CCCCCCN3C(=O)CCl)n(C)c1=O. The molecule has 0 aromatic carbocycles. The van der Waals surface area contributed by atoms with Crippen molar-refractivity contribution in [3.05, 3.63) is 20.8 Å². The lowest BCUT2D eigenvalue weighted by Crippen LogP contribution is -2.37. The van der Waals surface area contributed by atoms with Crippen LogP contribution in [0.3, 0.4) is 0 Å². The van der Waals surface area contributed by atoms with Gasteiger partial charge in [-0.15, -0.1) is 11.6 Å². The zero-order chi connectivity index (χ0) is 17.4. The maximum atomic E-state index is 12.6. The van der Waals surface area contributed by atoms with Gasteiger partial charge < -0.3 is 4.57 Å². The average Bonchev–Trinajstić information content (AvgIpc) is 2.98. The van der Waals surface area contributed by atoms with Gasteiger partial charge in [0.1, 0.15) is 5.88 Å². The van der Waals surface area contributed by atoms with Gasteiger partial charge in [-0.3, -0.25) is 23.6 Å². The largest absolute Gasteiger partial charge is 0.332 e. The van der Waals surface area contributed by atoms with Crippen molar-refractivity contribution in [3.63, 3.8) is 0 Å². The predicted molar refractivity (Wildman–Crippen MR) is 91.8 cm³/mol. The molecule has 0 aliphatic carbocycles. The Balaban J connectivity index is 2.35. The molecule has 130 valence electrons. The highest BCUT2D eigenvalue weighted by Gasteiger charge is 2.26. The summed E-state index contributed by atoms with van der Waals surface area (Å²) in [5, 5.41) is 0. The molecule has 0 radical (unpaired) electrons. The Morgan fingerprint density at radius 3 is 2.42 bits per heavy atom. The minimum atomic E-state index is -0.439. The normalized spacial score (nSPS) is 15.7. The van der Waals surface area contributed by atoms with E-state index in [2.05, 4.69) is 4.98 Å². The number of fused-ring (bicyclic) bond motifs is 3. The summed E-state index contributed by atoms with van der Waals surface area (Å²) in [6.07, 6.45) is 3.75. The Bertz CT molecular complexity index is 910. The summed E-state index contributed by atoms with van der Waals surface area (Å²) < 4.78 is 4.16. The highest BCUT2D eigenvalue weighted by Crippen LogP contribution is 2.23. The second-order valence-electron chi connectivity index (χ2n) is 6.03. The van der Waals surface area contributed by atoms with Crippen LogP contribution in [0.5, 0.6) is 0 Å². The quantitative estimate of drug-likeness (QED) is 0.702. The molecule has 0 atom stereocenters. The molecule has 2 aromatic heterocycles. The van der Waals surface area contributed by atoms with Crippen LogP contribution in [0.25, 0.3) is 11.2 Å². The first-order valence-corrected chi connectivity index (χ1v) is 8.53. The van der Waals surface area contributed by atoms with Gasteiger partial charge in [0, 0.05) is 27.2 Å². The van der Waals surface area contributed by atoms with Gasteiger partial charge in [0.05, 0.1) is 0 Å². The third-order valence-electron chi connectivity index (χ3n) is 4.50. The van der Waals surface area contributed by atoms with E-state index in [9.17, 15) is 14.4 Å². The molecule has 24 heavy (non-hydrogen) atoms. The minimum absolute atomic E-state index is 0.153. The molecule has 0 unspecified atom stereocenters. The summed E-state index contributed by atoms with van der Waals surface area (Å²) in [5.41, 5.74) is -0.190. The smallest absolute Gasteiger partial charge is 0.304 e. The van der Waals surface area contributed by atoms with Crippen molar-refractivity contribution in [2.45, 2.75) is 32.2 Å². The number of halogens is 1. The lowest BCUT2D eigenvalue weighted by Gasteiger charge is -2.20. The Labute approximate surface area is 143 Å². The van der Waals surface area contributed by atoms with Crippen molar-refractivity contribution in [3.8, 4) is 0 Å². The van der Waals surface area contributed by atoms with Crippen LogP contribution < -0.4 is 16.1 Å². The van der Waals surface area contributed by atoms with Crippen molar-refractivity contribution in [2.75, 3.05) is 17.3 Å². The van der Waals surface area contributed by atoms with Gasteiger partial charge in [0.25, 0.3) is 5.56 Å². The van der Waals surface area contributed by atoms with Crippen LogP contribution >= 0.6 is 11.6 Å². The summed E-state index contributed by atoms with van der Waals surface area (Å²) in [7, 11) is 3.02. The second kappa shape index (κ2) is 6.43. The van der Waals surface area contributed by atoms with Crippen molar-refractivity contribution in [2.24, 2.45) is 14.1 Å². The molecule has 0 N–H and O–H groups in total. The molecular formula is C15H20ClN5O3. The van der Waals surface area contributed by atoms with E-state index in [0.717, 1.165) is 30.3 Å². The van der Waals surface area contributed by atoms with Crippen molar-refractivity contribution in [1.82, 2.24) is 18.7 Å². The summed E-state index contributed by atoms with van der Waals surface area (Å²) in [4.78, 5) is 43.1. The van der Waals surface area contributed by atoms with Gasteiger partial charge in [0.2, 0.25) is 11.9 Å². The van der Waals surface area contributed by atoms with Crippen LogP contribution in [0.1, 0.15) is 25.7 Å². The molecule has 8 nitrogen and oxygen atoms in total. The molecule has 0 saturated carbocycles. The first-order chi connectivity index (χ1) is 11.5. The van der Waals surface area contributed by atoms with Crippen LogP contribution in [0.15, 0.2) is 9.59 Å². The number of hydrogen-bond donors (Lipinski definition) is 0. The van der Waals surface area contributed by atoms with Crippen molar-refractivity contribution < 1.29 is 4.79 Å². The van der Waals surface area contributed by atoms with E-state index in [1.54, 1.807) is 11.6 Å². The Morgan fingerprint density at radius 1 is 1.08 bits per heavy atom. The number of carbonyl (C=O) groups is 1. The van der Waals surface area contributed by atoms with E-state index in [1.807, 2.05) is 0 Å². The van der Waals surface area contributed by atoms with Crippen LogP contribution in [-0.4, -0.2) is 37.0 Å². The Kier molecular flexibility index (Phi) is 4.49. The fraction of sp³-hybridized carbons (Fsp3) is 0.600. The topological polar surface area (TPSA) is 82.1 Å². The highest BCUT2D eigenvalue weighted by molar-refractivity contribution is 6.29. The number of alkyl halides is 1. The Morgan fingerprint density at radius 2 is 1.75 bits per heavy atom. The minimum Gasteiger partial charge on any atom is -0.304 e. The molecule has 1 aliphatic heterocycles. The molecular weight excluding hydrogens is 334 g/mol. The van der Waals surface area contributed by atoms with Gasteiger partial charge >= 0.3 is 5.69 Å². The number of nitrogens with zero attached hydrogens (tertiary/aromatic N) is 5. The predicted octanol–water partition coefficient (Wildman–Crippen LogP) is 0.579. The average molecular weight is 354 g/mol. The van der Waals surface area contributed by atoms with Crippen LogP contribution in [0.2, 0.25) is 0 Å². The van der Waals surface area contributed by atoms with E-state index in [4.69, 9.17) is 11.6 Å². The lowest BCUT2D eigenvalue weighted by atomic mass is 10.2. The number of anilines is 1. The third-order valence-corrected chi connectivity index (χ3v) is 4.73. The first kappa shape index (κ1) is 16.8. The number of rotatable bonds is 1. The van der Waals surface area contributed by atoms with E-state index < -0.39 is 11.2 Å². The molecule has 1 aliphatic rings. The van der Waals surface area contributed by atoms with Gasteiger partial charge in [-0.1, -0.05) is 12.8 Å². The number of amides is 1. The number of aromatic nitrogens is 4. The zero-order valence-electron chi connectivity index (χ0n) is 13.8. The fourth-order valence-corrected chi connectivity index (χ4v) is 3.30. The Hall–Kier alpha value is -2.09. The molecule has 3 rings (SSSR count). The first-order valence-electron chi connectivity index (χ1n) is 8.00. The summed E-state index contributed by atoms with van der Waals surface area (Å²) in [6.45, 7) is 1.08. The fourth-order valence-electron chi connectivity index (χ4n) is 3.15.